The molecule has 3 rings (SSSR count). The highest BCUT2D eigenvalue weighted by Gasteiger charge is 2.29. The fourth-order valence-electron chi connectivity index (χ4n) is 3.93. The van der Waals surface area contributed by atoms with Crippen LogP contribution in [0.1, 0.15) is 62.4 Å². The second-order valence-corrected chi connectivity index (χ2v) is 7.93. The molecule has 4 heteroatoms. The summed E-state index contributed by atoms with van der Waals surface area (Å²) < 4.78 is 17.3. The quantitative estimate of drug-likeness (QED) is 0.728. The van der Waals surface area contributed by atoms with E-state index < -0.39 is 0 Å². The molecule has 1 aliphatic rings. The van der Waals surface area contributed by atoms with Crippen molar-refractivity contribution in [1.29, 1.82) is 0 Å². The standard InChI is InChI=1S/C24H33NO3/c1-7-24(3,4)16-9-11-20(26-5)19(15-16)22-17-10-12-21(27-6)23(28-8-2)18(17)13-14-25-22/h9-12,15,22,25H,7-8,13-14H2,1-6H3. The summed E-state index contributed by atoms with van der Waals surface area (Å²) in [6, 6.07) is 10.8. The van der Waals surface area contributed by atoms with Crippen molar-refractivity contribution in [3.8, 4) is 17.2 Å². The van der Waals surface area contributed by atoms with Gasteiger partial charge in [0.05, 0.1) is 26.9 Å². The third kappa shape index (κ3) is 3.70. The lowest BCUT2D eigenvalue weighted by Gasteiger charge is -2.32. The second kappa shape index (κ2) is 8.44. The molecule has 1 N–H and O–H groups in total. The summed E-state index contributed by atoms with van der Waals surface area (Å²) in [5, 5.41) is 3.69. The molecule has 28 heavy (non-hydrogen) atoms. The number of nitrogens with one attached hydrogen (secondary N) is 1. The maximum absolute atomic E-state index is 5.98. The molecule has 1 unspecified atom stereocenters. The van der Waals surface area contributed by atoms with Gasteiger partial charge in [0.15, 0.2) is 11.5 Å². The zero-order valence-corrected chi connectivity index (χ0v) is 18.0. The van der Waals surface area contributed by atoms with E-state index in [4.69, 9.17) is 14.2 Å². The number of ether oxygens (including phenoxy) is 3. The Balaban J connectivity index is 2.14. The van der Waals surface area contributed by atoms with Gasteiger partial charge in [0, 0.05) is 17.7 Å². The predicted molar refractivity (Wildman–Crippen MR) is 114 cm³/mol. The molecule has 0 saturated heterocycles. The van der Waals surface area contributed by atoms with E-state index in [1.165, 1.54) is 22.3 Å². The molecule has 0 radical (unpaired) electrons. The third-order valence-corrected chi connectivity index (χ3v) is 6.01. The highest BCUT2D eigenvalue weighted by Crippen LogP contribution is 2.43. The predicted octanol–water partition coefficient (Wildman–Crippen LogP) is 5.03. The number of fused-ring (bicyclic) bond motifs is 1. The zero-order chi connectivity index (χ0) is 20.3. The Kier molecular flexibility index (Phi) is 6.19. The van der Waals surface area contributed by atoms with Gasteiger partial charge in [-0.1, -0.05) is 32.9 Å². The largest absolute Gasteiger partial charge is 0.496 e. The Morgan fingerprint density at radius 3 is 2.36 bits per heavy atom. The van der Waals surface area contributed by atoms with Crippen molar-refractivity contribution < 1.29 is 14.2 Å². The van der Waals surface area contributed by atoms with Gasteiger partial charge >= 0.3 is 0 Å². The first-order chi connectivity index (χ1) is 13.5. The molecule has 1 aliphatic heterocycles. The molecule has 0 bridgehead atoms. The minimum atomic E-state index is 0.0661. The van der Waals surface area contributed by atoms with Gasteiger partial charge in [0.25, 0.3) is 0 Å². The van der Waals surface area contributed by atoms with Crippen LogP contribution in [0.3, 0.4) is 0 Å². The average Bonchev–Trinajstić information content (AvgIpc) is 2.73. The maximum atomic E-state index is 5.98. The van der Waals surface area contributed by atoms with Crippen LogP contribution in [0.2, 0.25) is 0 Å². The normalized spacial score (nSPS) is 16.4. The molecular formula is C24H33NO3. The van der Waals surface area contributed by atoms with Gasteiger partial charge in [-0.3, -0.25) is 0 Å². The maximum Gasteiger partial charge on any atom is 0.164 e. The second-order valence-electron chi connectivity index (χ2n) is 7.93. The molecule has 4 nitrogen and oxygen atoms in total. The van der Waals surface area contributed by atoms with Crippen LogP contribution in [0.5, 0.6) is 17.2 Å². The fraction of sp³-hybridized carbons (Fsp3) is 0.500. The van der Waals surface area contributed by atoms with Crippen molar-refractivity contribution in [2.75, 3.05) is 27.4 Å². The van der Waals surface area contributed by atoms with Crippen LogP contribution >= 0.6 is 0 Å². The van der Waals surface area contributed by atoms with Gasteiger partial charge in [0.1, 0.15) is 5.75 Å². The molecule has 0 aliphatic carbocycles. The molecule has 2 aromatic rings. The SMILES string of the molecule is CCOc1c(OC)ccc2c1CCNC2c1cc(C(C)(C)CC)ccc1OC. The summed E-state index contributed by atoms with van der Waals surface area (Å²) in [4.78, 5) is 0. The molecule has 2 aromatic carbocycles. The van der Waals surface area contributed by atoms with Crippen LogP contribution in [0.15, 0.2) is 30.3 Å². The Morgan fingerprint density at radius 1 is 1.00 bits per heavy atom. The van der Waals surface area contributed by atoms with Crippen molar-refractivity contribution in [2.24, 2.45) is 0 Å². The molecular weight excluding hydrogens is 350 g/mol. The van der Waals surface area contributed by atoms with E-state index in [-0.39, 0.29) is 11.5 Å². The summed E-state index contributed by atoms with van der Waals surface area (Å²) in [6.07, 6.45) is 2.00. The molecule has 152 valence electrons. The molecule has 0 fully saturated rings. The monoisotopic (exact) mass is 383 g/mol. The van der Waals surface area contributed by atoms with E-state index in [2.05, 4.69) is 50.4 Å². The van der Waals surface area contributed by atoms with Gasteiger partial charge in [-0.05, 0) is 54.5 Å². The first-order valence-electron chi connectivity index (χ1n) is 10.2. The topological polar surface area (TPSA) is 39.7 Å². The first kappa shape index (κ1) is 20.5. The van der Waals surface area contributed by atoms with Crippen molar-refractivity contribution >= 4 is 0 Å². The summed E-state index contributed by atoms with van der Waals surface area (Å²) in [6.45, 7) is 10.3. The molecule has 0 aromatic heterocycles. The highest BCUT2D eigenvalue weighted by molar-refractivity contribution is 5.56. The van der Waals surface area contributed by atoms with Gasteiger partial charge < -0.3 is 19.5 Å². The lowest BCUT2D eigenvalue weighted by molar-refractivity contribution is 0.305. The highest BCUT2D eigenvalue weighted by atomic mass is 16.5. The number of hydrogen-bond acceptors (Lipinski definition) is 4. The van der Waals surface area contributed by atoms with E-state index in [9.17, 15) is 0 Å². The van der Waals surface area contributed by atoms with Gasteiger partial charge in [-0.2, -0.15) is 0 Å². The molecule has 0 spiro atoms. The first-order valence-corrected chi connectivity index (χ1v) is 10.2. The number of rotatable bonds is 7. The van der Waals surface area contributed by atoms with Crippen molar-refractivity contribution in [3.05, 3.63) is 52.6 Å². The smallest absolute Gasteiger partial charge is 0.164 e. The van der Waals surface area contributed by atoms with E-state index in [1.54, 1.807) is 14.2 Å². The van der Waals surface area contributed by atoms with Crippen LogP contribution in [0.4, 0.5) is 0 Å². The van der Waals surface area contributed by atoms with Crippen LogP contribution < -0.4 is 19.5 Å². The minimum Gasteiger partial charge on any atom is -0.496 e. The van der Waals surface area contributed by atoms with Crippen LogP contribution in [-0.2, 0) is 11.8 Å². The molecule has 1 atom stereocenters. The number of hydrogen-bond donors (Lipinski definition) is 1. The van der Waals surface area contributed by atoms with Crippen LogP contribution in [0, 0.1) is 0 Å². The van der Waals surface area contributed by atoms with Crippen LogP contribution in [0.25, 0.3) is 0 Å². The summed E-state index contributed by atoms with van der Waals surface area (Å²) in [5.41, 5.74) is 5.09. The van der Waals surface area contributed by atoms with Gasteiger partial charge in [-0.25, -0.2) is 0 Å². The Hall–Kier alpha value is -2.20. The Bertz CT molecular complexity index is 829. The summed E-state index contributed by atoms with van der Waals surface area (Å²) >= 11 is 0. The fourth-order valence-corrected chi connectivity index (χ4v) is 3.93. The minimum absolute atomic E-state index is 0.0661. The Labute approximate surface area is 169 Å². The van der Waals surface area contributed by atoms with E-state index >= 15 is 0 Å². The lowest BCUT2D eigenvalue weighted by Crippen LogP contribution is -2.31. The third-order valence-electron chi connectivity index (χ3n) is 6.01. The Morgan fingerprint density at radius 2 is 1.71 bits per heavy atom. The van der Waals surface area contributed by atoms with E-state index in [1.807, 2.05) is 13.0 Å². The van der Waals surface area contributed by atoms with Crippen molar-refractivity contribution in [3.63, 3.8) is 0 Å². The van der Waals surface area contributed by atoms with E-state index in [0.29, 0.717) is 6.61 Å². The summed E-state index contributed by atoms with van der Waals surface area (Å²) in [7, 11) is 3.44. The number of methoxy groups -OCH3 is 2. The van der Waals surface area contributed by atoms with Crippen LogP contribution in [-0.4, -0.2) is 27.4 Å². The lowest BCUT2D eigenvalue weighted by atomic mass is 9.80. The summed E-state index contributed by atoms with van der Waals surface area (Å²) in [5.74, 6) is 2.59. The van der Waals surface area contributed by atoms with Crippen molar-refractivity contribution in [1.82, 2.24) is 5.32 Å². The van der Waals surface area contributed by atoms with Gasteiger partial charge in [0.2, 0.25) is 0 Å². The molecule has 0 saturated carbocycles. The average molecular weight is 384 g/mol. The van der Waals surface area contributed by atoms with Crippen molar-refractivity contribution in [2.45, 2.75) is 52.0 Å². The molecule has 1 heterocycles. The van der Waals surface area contributed by atoms with Gasteiger partial charge in [-0.15, -0.1) is 0 Å². The van der Waals surface area contributed by atoms with E-state index in [0.717, 1.165) is 36.6 Å². The zero-order valence-electron chi connectivity index (χ0n) is 18.0. The number of benzene rings is 2. The molecule has 0 amide bonds.